The number of nitrogens with two attached hydrogens (primary N) is 1. The van der Waals surface area contributed by atoms with Crippen molar-refractivity contribution in [2.75, 3.05) is 18.2 Å². The number of hydrogen-bond donors (Lipinski definition) is 2. The van der Waals surface area contributed by atoms with Crippen LogP contribution in [-0.2, 0) is 0 Å². The van der Waals surface area contributed by atoms with Gasteiger partial charge in [-0.15, -0.1) is 0 Å². The molecule has 0 aliphatic carbocycles. The molecule has 3 aromatic rings. The minimum atomic E-state index is 0.739. The first kappa shape index (κ1) is 13.7. The molecule has 1 aromatic heterocycles. The number of nitrogens with one attached hydrogen (secondary N) is 1. The Morgan fingerprint density at radius 2 is 1.95 bits per heavy atom. The van der Waals surface area contributed by atoms with Crippen LogP contribution in [0.1, 0.15) is 0 Å². The maximum atomic E-state index is 6.01. The van der Waals surface area contributed by atoms with E-state index in [1.807, 2.05) is 42.6 Å². The van der Waals surface area contributed by atoms with Gasteiger partial charge in [0.05, 0.1) is 12.8 Å². The van der Waals surface area contributed by atoms with Gasteiger partial charge in [-0.05, 0) is 46.3 Å². The molecular formula is C16H14BrN3O. The van der Waals surface area contributed by atoms with Gasteiger partial charge in [-0.2, -0.15) is 0 Å². The van der Waals surface area contributed by atoms with Gasteiger partial charge in [0.2, 0.25) is 0 Å². The van der Waals surface area contributed by atoms with Crippen molar-refractivity contribution in [1.29, 1.82) is 0 Å². The number of halogens is 1. The Kier molecular flexibility index (Phi) is 3.66. The fourth-order valence-corrected chi connectivity index (χ4v) is 2.54. The van der Waals surface area contributed by atoms with Gasteiger partial charge in [0.25, 0.3) is 0 Å². The molecule has 3 N–H and O–H groups in total. The van der Waals surface area contributed by atoms with E-state index >= 15 is 0 Å². The maximum Gasteiger partial charge on any atom is 0.121 e. The van der Waals surface area contributed by atoms with Gasteiger partial charge in [0.1, 0.15) is 5.75 Å². The first-order valence-corrected chi connectivity index (χ1v) is 7.21. The van der Waals surface area contributed by atoms with Crippen molar-refractivity contribution in [2.45, 2.75) is 0 Å². The summed E-state index contributed by atoms with van der Waals surface area (Å²) in [6, 6.07) is 11.5. The largest absolute Gasteiger partial charge is 0.497 e. The van der Waals surface area contributed by atoms with Crippen LogP contribution in [0, 0.1) is 0 Å². The van der Waals surface area contributed by atoms with E-state index in [2.05, 4.69) is 26.2 Å². The third-order valence-electron chi connectivity index (χ3n) is 3.29. The number of anilines is 3. The fourth-order valence-electron chi connectivity index (χ4n) is 2.19. The highest BCUT2D eigenvalue weighted by Gasteiger charge is 2.07. The third-order valence-corrected chi connectivity index (χ3v) is 3.99. The molecule has 0 radical (unpaired) electrons. The van der Waals surface area contributed by atoms with Crippen LogP contribution in [0.2, 0.25) is 0 Å². The zero-order valence-corrected chi connectivity index (χ0v) is 13.0. The number of methoxy groups -OCH3 is 1. The Morgan fingerprint density at radius 1 is 1.10 bits per heavy atom. The number of fused-ring (bicyclic) bond motifs is 1. The molecule has 0 amide bonds. The van der Waals surface area contributed by atoms with E-state index in [1.54, 1.807) is 13.3 Å². The van der Waals surface area contributed by atoms with Crippen LogP contribution in [0.4, 0.5) is 17.1 Å². The molecule has 0 fully saturated rings. The zero-order chi connectivity index (χ0) is 14.8. The van der Waals surface area contributed by atoms with E-state index < -0.39 is 0 Å². The van der Waals surface area contributed by atoms with E-state index in [4.69, 9.17) is 10.5 Å². The van der Waals surface area contributed by atoms with E-state index in [1.165, 1.54) is 0 Å². The number of nitrogen functional groups attached to an aromatic ring is 1. The number of pyridine rings is 1. The second kappa shape index (κ2) is 5.61. The molecule has 0 bridgehead atoms. The predicted octanol–water partition coefficient (Wildman–Crippen LogP) is 4.33. The molecule has 0 saturated heterocycles. The molecule has 0 aliphatic rings. The van der Waals surface area contributed by atoms with Gasteiger partial charge in [-0.3, -0.25) is 4.98 Å². The van der Waals surface area contributed by atoms with Crippen LogP contribution in [-0.4, -0.2) is 12.1 Å². The van der Waals surface area contributed by atoms with E-state index in [9.17, 15) is 0 Å². The number of hydrogen-bond acceptors (Lipinski definition) is 4. The maximum absolute atomic E-state index is 6.01. The summed E-state index contributed by atoms with van der Waals surface area (Å²) < 4.78 is 6.22. The summed E-state index contributed by atoms with van der Waals surface area (Å²) in [5.41, 5.74) is 8.61. The average Bonchev–Trinajstić information content (AvgIpc) is 2.52. The first-order valence-electron chi connectivity index (χ1n) is 6.42. The second-order valence-electron chi connectivity index (χ2n) is 4.59. The lowest BCUT2D eigenvalue weighted by atomic mass is 10.1. The summed E-state index contributed by atoms with van der Waals surface area (Å²) in [7, 11) is 1.65. The SMILES string of the molecule is COc1ccc(Br)c(Nc2ccc(N)c3ccncc23)c1. The Labute approximate surface area is 131 Å². The summed E-state index contributed by atoms with van der Waals surface area (Å²) in [4.78, 5) is 4.18. The monoisotopic (exact) mass is 343 g/mol. The minimum absolute atomic E-state index is 0.739. The standard InChI is InChI=1S/C16H14BrN3O/c1-21-10-2-3-13(17)16(8-10)20-15-5-4-14(18)11-6-7-19-9-12(11)15/h2-9,20H,18H2,1H3. The molecule has 0 spiro atoms. The van der Waals surface area contributed by atoms with Crippen molar-refractivity contribution in [2.24, 2.45) is 0 Å². The summed E-state index contributed by atoms with van der Waals surface area (Å²) in [5.74, 6) is 0.790. The van der Waals surface area contributed by atoms with Crippen LogP contribution in [0.3, 0.4) is 0 Å². The Balaban J connectivity index is 2.08. The second-order valence-corrected chi connectivity index (χ2v) is 5.45. The number of ether oxygens (including phenoxy) is 1. The number of aromatic nitrogens is 1. The molecule has 0 atom stereocenters. The van der Waals surface area contributed by atoms with E-state index in [-0.39, 0.29) is 0 Å². The van der Waals surface area contributed by atoms with Crippen molar-refractivity contribution < 1.29 is 4.74 Å². The molecular weight excluding hydrogens is 330 g/mol. The first-order chi connectivity index (χ1) is 10.2. The molecule has 106 valence electrons. The number of benzene rings is 2. The minimum Gasteiger partial charge on any atom is -0.497 e. The predicted molar refractivity (Wildman–Crippen MR) is 90.1 cm³/mol. The van der Waals surface area contributed by atoms with Crippen LogP contribution in [0.15, 0.2) is 53.3 Å². The summed E-state index contributed by atoms with van der Waals surface area (Å²) in [6.07, 6.45) is 3.55. The van der Waals surface area contributed by atoms with Crippen LogP contribution in [0.25, 0.3) is 10.8 Å². The smallest absolute Gasteiger partial charge is 0.121 e. The molecule has 5 heteroatoms. The molecule has 4 nitrogen and oxygen atoms in total. The quantitative estimate of drug-likeness (QED) is 0.694. The average molecular weight is 344 g/mol. The van der Waals surface area contributed by atoms with Crippen LogP contribution >= 0.6 is 15.9 Å². The highest BCUT2D eigenvalue weighted by molar-refractivity contribution is 9.10. The van der Waals surface area contributed by atoms with Gasteiger partial charge in [-0.1, -0.05) is 0 Å². The fraction of sp³-hybridized carbons (Fsp3) is 0.0625. The van der Waals surface area contributed by atoms with Gasteiger partial charge in [0, 0.05) is 45.1 Å². The molecule has 0 unspecified atom stereocenters. The van der Waals surface area contributed by atoms with Crippen molar-refractivity contribution in [3.63, 3.8) is 0 Å². The number of rotatable bonds is 3. The molecule has 3 rings (SSSR count). The molecule has 1 heterocycles. The molecule has 2 aromatic carbocycles. The topological polar surface area (TPSA) is 60.2 Å². The van der Waals surface area contributed by atoms with Gasteiger partial charge in [-0.25, -0.2) is 0 Å². The van der Waals surface area contributed by atoms with Crippen LogP contribution < -0.4 is 15.8 Å². The normalized spacial score (nSPS) is 10.6. The summed E-state index contributed by atoms with van der Waals surface area (Å²) >= 11 is 3.54. The van der Waals surface area contributed by atoms with Crippen molar-refractivity contribution >= 4 is 43.8 Å². The number of nitrogens with zero attached hydrogens (tertiary/aromatic N) is 1. The van der Waals surface area contributed by atoms with Crippen molar-refractivity contribution in [3.8, 4) is 5.75 Å². The Morgan fingerprint density at radius 3 is 2.76 bits per heavy atom. The highest BCUT2D eigenvalue weighted by atomic mass is 79.9. The van der Waals surface area contributed by atoms with Gasteiger partial charge >= 0.3 is 0 Å². The van der Waals surface area contributed by atoms with E-state index in [0.717, 1.165) is 38.1 Å². The molecule has 0 aliphatic heterocycles. The van der Waals surface area contributed by atoms with Gasteiger partial charge in [0.15, 0.2) is 0 Å². The molecule has 0 saturated carbocycles. The highest BCUT2D eigenvalue weighted by Crippen LogP contribution is 2.34. The Bertz CT molecular complexity index is 805. The lowest BCUT2D eigenvalue weighted by Crippen LogP contribution is -1.96. The lowest BCUT2D eigenvalue weighted by molar-refractivity contribution is 0.415. The third kappa shape index (κ3) is 2.64. The zero-order valence-electron chi connectivity index (χ0n) is 11.4. The lowest BCUT2D eigenvalue weighted by Gasteiger charge is -2.13. The van der Waals surface area contributed by atoms with Gasteiger partial charge < -0.3 is 15.8 Å². The summed E-state index contributed by atoms with van der Waals surface area (Å²) in [6.45, 7) is 0. The van der Waals surface area contributed by atoms with Crippen molar-refractivity contribution in [3.05, 3.63) is 53.3 Å². The van der Waals surface area contributed by atoms with Crippen LogP contribution in [0.5, 0.6) is 5.75 Å². The molecule has 21 heavy (non-hydrogen) atoms. The van der Waals surface area contributed by atoms with E-state index in [0.29, 0.717) is 0 Å². The summed E-state index contributed by atoms with van der Waals surface area (Å²) in [5, 5.41) is 5.35. The Hall–Kier alpha value is -2.27. The van der Waals surface area contributed by atoms with Crippen molar-refractivity contribution in [1.82, 2.24) is 4.98 Å².